The second-order valence-electron chi connectivity index (χ2n) is 9.24. The molecule has 2 aromatic carbocycles. The van der Waals surface area contributed by atoms with E-state index in [2.05, 4.69) is 29.2 Å². The lowest BCUT2D eigenvalue weighted by Crippen LogP contribution is -2.27. The predicted molar refractivity (Wildman–Crippen MR) is 134 cm³/mol. The molecule has 3 heterocycles. The van der Waals surface area contributed by atoms with E-state index in [-0.39, 0.29) is 11.7 Å². The molecule has 10 heteroatoms. The van der Waals surface area contributed by atoms with Crippen LogP contribution < -0.4 is 15.8 Å². The first-order valence-corrected chi connectivity index (χ1v) is 11.9. The van der Waals surface area contributed by atoms with Crippen LogP contribution in [0.25, 0.3) is 16.6 Å². The standard InChI is InChI=1S/C26H26F2N6O2/c1-15(2)33-14-17-23(31-33)16(3)13-21(24(17)32-11-4-5-12-32)29-26(36)20-9-10-22(35)34(30-20)25-18(27)7-6-8-19(25)28/h6-10,13-15H,4-5,11-12H2,1-3H3,(H,29,36). The zero-order valence-corrected chi connectivity index (χ0v) is 20.3. The molecule has 186 valence electrons. The quantitative estimate of drug-likeness (QED) is 0.440. The normalized spacial score (nSPS) is 13.7. The molecule has 1 N–H and O–H groups in total. The number of halogens is 2. The summed E-state index contributed by atoms with van der Waals surface area (Å²) in [5.41, 5.74) is 1.69. The number of aromatic nitrogens is 4. The van der Waals surface area contributed by atoms with Gasteiger partial charge in [0.05, 0.1) is 16.9 Å². The van der Waals surface area contributed by atoms with E-state index in [1.165, 1.54) is 12.1 Å². The van der Waals surface area contributed by atoms with Crippen LogP contribution in [0, 0.1) is 18.6 Å². The number of nitrogens with one attached hydrogen (secondary N) is 1. The highest BCUT2D eigenvalue weighted by molar-refractivity contribution is 6.09. The van der Waals surface area contributed by atoms with Gasteiger partial charge in [-0.05, 0) is 63.4 Å². The fourth-order valence-electron chi connectivity index (χ4n) is 4.57. The van der Waals surface area contributed by atoms with Crippen molar-refractivity contribution in [1.29, 1.82) is 0 Å². The summed E-state index contributed by atoms with van der Waals surface area (Å²) in [6.07, 6.45) is 4.08. The number of benzene rings is 2. The number of rotatable bonds is 5. The molecule has 2 aromatic heterocycles. The van der Waals surface area contributed by atoms with Crippen molar-refractivity contribution in [2.45, 2.75) is 39.7 Å². The number of hydrogen-bond donors (Lipinski definition) is 1. The van der Waals surface area contributed by atoms with Gasteiger partial charge in [0.2, 0.25) is 0 Å². The first-order chi connectivity index (χ1) is 17.2. The van der Waals surface area contributed by atoms with Crippen LogP contribution in [0.3, 0.4) is 0 Å². The first kappa shape index (κ1) is 23.7. The first-order valence-electron chi connectivity index (χ1n) is 11.9. The molecule has 0 spiro atoms. The molecular weight excluding hydrogens is 466 g/mol. The van der Waals surface area contributed by atoms with E-state index < -0.39 is 28.8 Å². The number of fused-ring (bicyclic) bond motifs is 1. The number of nitrogens with zero attached hydrogens (tertiary/aromatic N) is 5. The van der Waals surface area contributed by atoms with Crippen LogP contribution in [0.15, 0.2) is 47.4 Å². The van der Waals surface area contributed by atoms with Crippen LogP contribution in [0.5, 0.6) is 0 Å². The maximum Gasteiger partial charge on any atom is 0.276 e. The molecule has 0 saturated carbocycles. The van der Waals surface area contributed by atoms with Crippen molar-refractivity contribution in [1.82, 2.24) is 19.6 Å². The molecule has 4 aromatic rings. The van der Waals surface area contributed by atoms with Gasteiger partial charge in [0.1, 0.15) is 11.4 Å². The highest BCUT2D eigenvalue weighted by Gasteiger charge is 2.24. The zero-order chi connectivity index (χ0) is 25.6. The number of para-hydroxylation sites is 1. The van der Waals surface area contributed by atoms with Crippen LogP contribution >= 0.6 is 0 Å². The second-order valence-corrected chi connectivity index (χ2v) is 9.24. The maximum atomic E-state index is 14.3. The van der Waals surface area contributed by atoms with Gasteiger partial charge in [-0.25, -0.2) is 8.78 Å². The molecule has 1 aliphatic rings. The molecule has 8 nitrogen and oxygen atoms in total. The van der Waals surface area contributed by atoms with E-state index in [9.17, 15) is 18.4 Å². The highest BCUT2D eigenvalue weighted by Crippen LogP contribution is 2.38. The van der Waals surface area contributed by atoms with E-state index in [0.29, 0.717) is 10.4 Å². The lowest BCUT2D eigenvalue weighted by Gasteiger charge is -2.23. The van der Waals surface area contributed by atoms with E-state index in [1.807, 2.05) is 23.9 Å². The van der Waals surface area contributed by atoms with Crippen LogP contribution in [-0.4, -0.2) is 38.6 Å². The zero-order valence-electron chi connectivity index (χ0n) is 20.3. The molecule has 0 bridgehead atoms. The van der Waals surface area contributed by atoms with Crippen LogP contribution in [0.1, 0.15) is 48.8 Å². The summed E-state index contributed by atoms with van der Waals surface area (Å²) < 4.78 is 31.1. The van der Waals surface area contributed by atoms with Crippen molar-refractivity contribution >= 4 is 28.2 Å². The predicted octanol–water partition coefficient (Wildman–Crippen LogP) is 4.60. The average Bonchev–Trinajstić information content (AvgIpc) is 3.51. The monoisotopic (exact) mass is 492 g/mol. The molecule has 5 rings (SSSR count). The largest absolute Gasteiger partial charge is 0.369 e. The number of anilines is 2. The molecular formula is C26H26F2N6O2. The highest BCUT2D eigenvalue weighted by atomic mass is 19.1. The van der Waals surface area contributed by atoms with Gasteiger partial charge >= 0.3 is 0 Å². The Kier molecular flexibility index (Phi) is 6.03. The van der Waals surface area contributed by atoms with Gasteiger partial charge in [-0.15, -0.1) is 0 Å². The molecule has 0 aliphatic carbocycles. The van der Waals surface area contributed by atoms with Gasteiger partial charge in [0.25, 0.3) is 11.5 Å². The number of amides is 1. The summed E-state index contributed by atoms with van der Waals surface area (Å²) in [6.45, 7) is 7.74. The molecule has 1 amide bonds. The van der Waals surface area contributed by atoms with E-state index in [4.69, 9.17) is 5.10 Å². The SMILES string of the molecule is Cc1cc(NC(=O)c2ccc(=O)n(-c3c(F)cccc3F)n2)c(N2CCCC2)c2cn(C(C)C)nc12. The topological polar surface area (TPSA) is 85.0 Å². The van der Waals surface area contributed by atoms with Crippen molar-refractivity contribution in [2.24, 2.45) is 0 Å². The van der Waals surface area contributed by atoms with Crippen molar-refractivity contribution in [3.05, 3.63) is 75.8 Å². The Morgan fingerprint density at radius 1 is 1.03 bits per heavy atom. The smallest absolute Gasteiger partial charge is 0.276 e. The molecule has 0 unspecified atom stereocenters. The van der Waals surface area contributed by atoms with Crippen molar-refractivity contribution < 1.29 is 13.6 Å². The maximum absolute atomic E-state index is 14.3. The Morgan fingerprint density at radius 2 is 1.72 bits per heavy atom. The van der Waals surface area contributed by atoms with Crippen LogP contribution in [0.2, 0.25) is 0 Å². The summed E-state index contributed by atoms with van der Waals surface area (Å²) >= 11 is 0. The Morgan fingerprint density at radius 3 is 2.39 bits per heavy atom. The van der Waals surface area contributed by atoms with Gasteiger partial charge in [-0.2, -0.15) is 14.9 Å². The van der Waals surface area contributed by atoms with Crippen LogP contribution in [0.4, 0.5) is 20.2 Å². The third-order valence-electron chi connectivity index (χ3n) is 6.36. The molecule has 1 aliphatic heterocycles. The molecule has 1 saturated heterocycles. The number of hydrogen-bond acceptors (Lipinski definition) is 5. The van der Waals surface area contributed by atoms with Gasteiger partial charge in [-0.1, -0.05) is 6.07 Å². The number of carbonyl (C=O) groups excluding carboxylic acids is 1. The third-order valence-corrected chi connectivity index (χ3v) is 6.36. The van der Waals surface area contributed by atoms with Gasteiger partial charge in [0, 0.05) is 36.8 Å². The lowest BCUT2D eigenvalue weighted by atomic mass is 10.1. The summed E-state index contributed by atoms with van der Waals surface area (Å²) in [5, 5.41) is 12.6. The van der Waals surface area contributed by atoms with Gasteiger partial charge < -0.3 is 10.2 Å². The number of carbonyl (C=O) groups is 1. The average molecular weight is 493 g/mol. The summed E-state index contributed by atoms with van der Waals surface area (Å²) in [4.78, 5) is 27.9. The van der Waals surface area contributed by atoms with Gasteiger partial charge in [0.15, 0.2) is 11.6 Å². The Hall–Kier alpha value is -4.08. The second kappa shape index (κ2) is 9.18. The summed E-state index contributed by atoms with van der Waals surface area (Å²) in [7, 11) is 0. The Labute approximate surface area is 206 Å². The third kappa shape index (κ3) is 4.12. The van der Waals surface area contributed by atoms with E-state index in [0.717, 1.165) is 66.3 Å². The molecule has 36 heavy (non-hydrogen) atoms. The molecule has 1 fully saturated rings. The Bertz CT molecular complexity index is 1520. The summed E-state index contributed by atoms with van der Waals surface area (Å²) in [6, 6.07) is 7.59. The molecule has 0 atom stereocenters. The van der Waals surface area contributed by atoms with Crippen LogP contribution in [-0.2, 0) is 0 Å². The lowest BCUT2D eigenvalue weighted by molar-refractivity contribution is 0.102. The van der Waals surface area contributed by atoms with E-state index >= 15 is 0 Å². The van der Waals surface area contributed by atoms with Crippen molar-refractivity contribution in [2.75, 3.05) is 23.3 Å². The molecule has 0 radical (unpaired) electrons. The van der Waals surface area contributed by atoms with Gasteiger partial charge in [-0.3, -0.25) is 14.3 Å². The number of aryl methyl sites for hydroxylation is 1. The minimum Gasteiger partial charge on any atom is -0.369 e. The van der Waals surface area contributed by atoms with E-state index in [1.54, 1.807) is 0 Å². The fourth-order valence-corrected chi connectivity index (χ4v) is 4.57. The van der Waals surface area contributed by atoms with Crippen molar-refractivity contribution in [3.63, 3.8) is 0 Å². The fraction of sp³-hybridized carbons (Fsp3) is 0.308. The van der Waals surface area contributed by atoms with Crippen molar-refractivity contribution in [3.8, 4) is 5.69 Å². The summed E-state index contributed by atoms with van der Waals surface area (Å²) in [5.74, 6) is -2.51. The minimum absolute atomic E-state index is 0.153. The Balaban J connectivity index is 1.58. The minimum atomic E-state index is -0.957.